The van der Waals surface area contributed by atoms with E-state index in [1.807, 2.05) is 12.4 Å². The summed E-state index contributed by atoms with van der Waals surface area (Å²) in [5.74, 6) is 0. The van der Waals surface area contributed by atoms with Gasteiger partial charge in [-0.1, -0.05) is 34.6 Å². The third kappa shape index (κ3) is 5.05. The Morgan fingerprint density at radius 3 is 2.56 bits per heavy atom. The Balaban J connectivity index is 2.80. The van der Waals surface area contributed by atoms with Crippen molar-refractivity contribution >= 4 is 5.69 Å². The zero-order valence-corrected chi connectivity index (χ0v) is 12.6. The third-order valence-corrected chi connectivity index (χ3v) is 2.70. The van der Waals surface area contributed by atoms with Gasteiger partial charge in [0.05, 0.1) is 0 Å². The smallest absolute Gasteiger partial charge is 0.0440 e. The van der Waals surface area contributed by atoms with Crippen LogP contribution in [0.2, 0.25) is 0 Å². The highest BCUT2D eigenvalue weighted by molar-refractivity contribution is 5.51. The number of aromatic nitrogens is 1. The maximum absolute atomic E-state index is 4.24. The summed E-state index contributed by atoms with van der Waals surface area (Å²) in [7, 11) is 2.15. The molecule has 0 unspecified atom stereocenters. The molecule has 0 aliphatic rings. The molecule has 1 aromatic rings. The average Bonchev–Trinajstić information content (AvgIpc) is 2.24. The molecule has 1 N–H and O–H groups in total. The number of anilines is 1. The summed E-state index contributed by atoms with van der Waals surface area (Å²) in [4.78, 5) is 6.55. The van der Waals surface area contributed by atoms with E-state index in [1.165, 1.54) is 11.3 Å². The van der Waals surface area contributed by atoms with E-state index < -0.39 is 0 Å². The van der Waals surface area contributed by atoms with Gasteiger partial charge in [-0.05, 0) is 11.5 Å². The van der Waals surface area contributed by atoms with Crippen molar-refractivity contribution in [1.29, 1.82) is 0 Å². The van der Waals surface area contributed by atoms with E-state index in [0.29, 0.717) is 11.5 Å². The van der Waals surface area contributed by atoms with E-state index in [4.69, 9.17) is 0 Å². The van der Waals surface area contributed by atoms with Crippen LogP contribution in [0.25, 0.3) is 0 Å². The molecule has 3 heteroatoms. The molecule has 0 saturated carbocycles. The Morgan fingerprint density at radius 1 is 1.33 bits per heavy atom. The molecule has 0 aliphatic carbocycles. The molecule has 0 aliphatic heterocycles. The number of hydrogen-bond donors (Lipinski definition) is 1. The summed E-state index contributed by atoms with van der Waals surface area (Å²) in [6.07, 6.45) is 3.83. The fraction of sp³-hybridized carbons (Fsp3) is 0.667. The van der Waals surface area contributed by atoms with E-state index in [2.05, 4.69) is 62.9 Å². The summed E-state index contributed by atoms with van der Waals surface area (Å²) in [6.45, 7) is 13.0. The summed E-state index contributed by atoms with van der Waals surface area (Å²) < 4.78 is 0. The summed E-state index contributed by atoms with van der Waals surface area (Å²) in [5.41, 5.74) is 2.83. The van der Waals surface area contributed by atoms with Gasteiger partial charge in [0.25, 0.3) is 0 Å². The Bertz CT molecular complexity index is 366. The molecule has 0 atom stereocenters. The molecular formula is C15H27N3. The summed E-state index contributed by atoms with van der Waals surface area (Å²) in [5, 5.41) is 3.45. The van der Waals surface area contributed by atoms with E-state index in [0.717, 1.165) is 13.1 Å². The molecule has 0 radical (unpaired) electrons. The van der Waals surface area contributed by atoms with Crippen LogP contribution in [-0.4, -0.2) is 24.6 Å². The molecule has 0 aromatic carbocycles. The second-order valence-corrected chi connectivity index (χ2v) is 6.46. The van der Waals surface area contributed by atoms with Crippen molar-refractivity contribution in [2.45, 2.75) is 47.2 Å². The van der Waals surface area contributed by atoms with E-state index >= 15 is 0 Å². The van der Waals surface area contributed by atoms with E-state index in [-0.39, 0.29) is 0 Å². The Morgan fingerprint density at radius 2 is 2.00 bits per heavy atom. The van der Waals surface area contributed by atoms with Gasteiger partial charge in [-0.25, -0.2) is 0 Å². The van der Waals surface area contributed by atoms with Crippen LogP contribution in [0.5, 0.6) is 0 Å². The van der Waals surface area contributed by atoms with Crippen molar-refractivity contribution in [3.8, 4) is 0 Å². The lowest BCUT2D eigenvalue weighted by atomic mass is 9.96. The third-order valence-electron chi connectivity index (χ3n) is 2.70. The van der Waals surface area contributed by atoms with Crippen molar-refractivity contribution in [3.05, 3.63) is 24.0 Å². The topological polar surface area (TPSA) is 28.2 Å². The maximum Gasteiger partial charge on any atom is 0.0440 e. The number of nitrogens with zero attached hydrogens (tertiary/aromatic N) is 2. The highest BCUT2D eigenvalue weighted by atomic mass is 15.1. The largest absolute Gasteiger partial charge is 0.374 e. The minimum atomic E-state index is 0.292. The van der Waals surface area contributed by atoms with Gasteiger partial charge in [0.2, 0.25) is 0 Å². The van der Waals surface area contributed by atoms with Gasteiger partial charge < -0.3 is 10.2 Å². The Kier molecular flexibility index (Phi) is 5.15. The fourth-order valence-corrected chi connectivity index (χ4v) is 2.04. The lowest BCUT2D eigenvalue weighted by Crippen LogP contribution is -2.31. The zero-order valence-electron chi connectivity index (χ0n) is 12.6. The molecule has 1 aromatic heterocycles. The van der Waals surface area contributed by atoms with Gasteiger partial charge in [-0.15, -0.1) is 0 Å². The van der Waals surface area contributed by atoms with Crippen LogP contribution in [0.4, 0.5) is 5.69 Å². The van der Waals surface area contributed by atoms with Crippen LogP contribution in [0.15, 0.2) is 18.5 Å². The van der Waals surface area contributed by atoms with Gasteiger partial charge in [0, 0.05) is 49.8 Å². The highest BCUT2D eigenvalue weighted by Crippen LogP contribution is 2.23. The molecule has 0 fully saturated rings. The number of rotatable bonds is 5. The van der Waals surface area contributed by atoms with Gasteiger partial charge in [-0.2, -0.15) is 0 Å². The first-order valence-corrected chi connectivity index (χ1v) is 6.67. The second-order valence-electron chi connectivity index (χ2n) is 6.46. The minimum Gasteiger partial charge on any atom is -0.374 e. The first-order chi connectivity index (χ1) is 8.29. The molecule has 3 nitrogen and oxygen atoms in total. The summed E-state index contributed by atoms with van der Waals surface area (Å²) >= 11 is 0. The van der Waals surface area contributed by atoms with Gasteiger partial charge in [-0.3, -0.25) is 4.98 Å². The van der Waals surface area contributed by atoms with Crippen LogP contribution in [0.1, 0.15) is 40.2 Å². The van der Waals surface area contributed by atoms with Gasteiger partial charge in [0.15, 0.2) is 0 Å². The SMILES string of the molecule is CC(C)NCc1cnccc1N(C)CC(C)(C)C. The molecule has 0 saturated heterocycles. The van der Waals surface area contributed by atoms with Crippen molar-refractivity contribution in [2.75, 3.05) is 18.5 Å². The lowest BCUT2D eigenvalue weighted by molar-refractivity contribution is 0.418. The number of hydrogen-bond acceptors (Lipinski definition) is 3. The van der Waals surface area contributed by atoms with E-state index in [1.54, 1.807) is 0 Å². The standard InChI is InChI=1S/C15H27N3/c1-12(2)17-10-13-9-16-8-7-14(13)18(6)11-15(3,4)5/h7-9,12,17H,10-11H2,1-6H3. The van der Waals surface area contributed by atoms with Crippen molar-refractivity contribution in [3.63, 3.8) is 0 Å². The van der Waals surface area contributed by atoms with Crippen LogP contribution in [-0.2, 0) is 6.54 Å². The Labute approximate surface area is 112 Å². The molecule has 1 heterocycles. The quantitative estimate of drug-likeness (QED) is 0.869. The zero-order chi connectivity index (χ0) is 13.8. The van der Waals surface area contributed by atoms with Crippen LogP contribution >= 0.6 is 0 Å². The Hall–Kier alpha value is -1.09. The average molecular weight is 249 g/mol. The lowest BCUT2D eigenvalue weighted by Gasteiger charge is -2.29. The van der Waals surface area contributed by atoms with E-state index in [9.17, 15) is 0 Å². The molecule has 0 amide bonds. The maximum atomic E-state index is 4.24. The van der Waals surface area contributed by atoms with Crippen molar-refractivity contribution in [1.82, 2.24) is 10.3 Å². The normalized spacial score (nSPS) is 11.9. The van der Waals surface area contributed by atoms with Gasteiger partial charge >= 0.3 is 0 Å². The van der Waals surface area contributed by atoms with Crippen molar-refractivity contribution < 1.29 is 0 Å². The number of pyridine rings is 1. The predicted octanol–water partition coefficient (Wildman–Crippen LogP) is 3.06. The molecule has 102 valence electrons. The monoisotopic (exact) mass is 249 g/mol. The van der Waals surface area contributed by atoms with Gasteiger partial charge in [0.1, 0.15) is 0 Å². The minimum absolute atomic E-state index is 0.292. The predicted molar refractivity (Wildman–Crippen MR) is 78.9 cm³/mol. The molecule has 0 spiro atoms. The van der Waals surface area contributed by atoms with Crippen LogP contribution in [0, 0.1) is 5.41 Å². The van der Waals surface area contributed by atoms with Crippen molar-refractivity contribution in [2.24, 2.45) is 5.41 Å². The molecule has 0 bridgehead atoms. The molecule has 18 heavy (non-hydrogen) atoms. The van der Waals surface area contributed by atoms with Crippen LogP contribution in [0.3, 0.4) is 0 Å². The fourth-order valence-electron chi connectivity index (χ4n) is 2.04. The second kappa shape index (κ2) is 6.19. The highest BCUT2D eigenvalue weighted by Gasteiger charge is 2.16. The first kappa shape index (κ1) is 15.0. The molecule has 1 rings (SSSR count). The molecular weight excluding hydrogens is 222 g/mol. The summed E-state index contributed by atoms with van der Waals surface area (Å²) in [6, 6.07) is 2.59. The van der Waals surface area contributed by atoms with Crippen LogP contribution < -0.4 is 10.2 Å². The first-order valence-electron chi connectivity index (χ1n) is 6.67. The number of nitrogens with one attached hydrogen (secondary N) is 1.